The number of aromatic nitrogens is 3. The largest absolute Gasteiger partial charge is 0.486 e. The van der Waals surface area contributed by atoms with Crippen LogP contribution in [0.25, 0.3) is 11.1 Å². The molecule has 2 aromatic heterocycles. The molecule has 2 aliphatic rings. The number of rotatable bonds is 12. The minimum atomic E-state index is -4.95. The number of fused-ring (bicyclic) bond motifs is 1. The first-order chi connectivity index (χ1) is 21.3. The molecular weight excluding hydrogens is 628 g/mol. The molecule has 242 valence electrons. The number of hydrogen-bond donors (Lipinski definition) is 4. The summed E-state index contributed by atoms with van der Waals surface area (Å²) in [6, 6.07) is 4.86. The molecule has 1 fully saturated rings. The standard InChI is InChI=1S/C27H34N8O8S2/c1-27(2)23(25(37)35(27)43-45(38,39)40)31-24(36)22(20-15-44-26(29)30-20)32-41-14-19-7-5-17-11-16(6-8-21(17)42-19)18-12-33(3)34(13-18)10-4-9-28/h6,8,11-13,15,19,23H,4-5,7,9-10,14,28H2,1-3H3,(H3-,29,30,31,36,38,39,40)/p+1/b32-22-. The third-order valence-electron chi connectivity index (χ3n) is 7.55. The number of nitrogens with zero attached hydrogens (tertiary/aromatic N) is 5. The van der Waals surface area contributed by atoms with Gasteiger partial charge >= 0.3 is 10.4 Å². The molecule has 0 aliphatic carbocycles. The van der Waals surface area contributed by atoms with Gasteiger partial charge in [0.05, 0.1) is 23.8 Å². The van der Waals surface area contributed by atoms with Crippen molar-refractivity contribution in [2.75, 3.05) is 18.9 Å². The predicted octanol–water partition coefficient (Wildman–Crippen LogP) is 0.322. The number of carbonyl (C=O) groups is 2. The Morgan fingerprint density at radius 3 is 2.80 bits per heavy atom. The Hall–Kier alpha value is -4.10. The van der Waals surface area contributed by atoms with Gasteiger partial charge < -0.3 is 26.4 Å². The first-order valence-corrected chi connectivity index (χ1v) is 16.3. The maximum atomic E-state index is 13.2. The van der Waals surface area contributed by atoms with E-state index in [0.29, 0.717) is 18.0 Å². The quantitative estimate of drug-likeness (QED) is 0.0680. The summed E-state index contributed by atoms with van der Waals surface area (Å²) in [6.45, 7) is 4.39. The zero-order valence-electron chi connectivity index (χ0n) is 24.9. The molecule has 0 saturated carbocycles. The number of aryl methyl sites for hydroxylation is 3. The van der Waals surface area contributed by atoms with Crippen LogP contribution in [0.15, 0.2) is 41.1 Å². The highest BCUT2D eigenvalue weighted by Crippen LogP contribution is 2.34. The second-order valence-corrected chi connectivity index (χ2v) is 13.1. The molecule has 16 nitrogen and oxygen atoms in total. The van der Waals surface area contributed by atoms with E-state index in [4.69, 9.17) is 25.6 Å². The number of hydrogen-bond acceptors (Lipinski definition) is 12. The van der Waals surface area contributed by atoms with Crippen molar-refractivity contribution in [3.05, 3.63) is 47.2 Å². The fraction of sp³-hybridized carbons (Fsp3) is 0.444. The third-order valence-corrected chi connectivity index (χ3v) is 8.56. The van der Waals surface area contributed by atoms with Crippen LogP contribution < -0.4 is 26.2 Å². The second kappa shape index (κ2) is 12.7. The summed E-state index contributed by atoms with van der Waals surface area (Å²) in [7, 11) is -2.95. The Kier molecular flexibility index (Phi) is 9.13. The number of nitrogens with one attached hydrogen (secondary N) is 1. The normalized spacial score (nSPS) is 19.4. The number of anilines is 1. The van der Waals surface area contributed by atoms with Crippen LogP contribution in [0.2, 0.25) is 0 Å². The van der Waals surface area contributed by atoms with Gasteiger partial charge in [-0.15, -0.1) is 20.3 Å². The summed E-state index contributed by atoms with van der Waals surface area (Å²) >= 11 is 1.08. The summed E-state index contributed by atoms with van der Waals surface area (Å²) in [6.07, 6.45) is 6.12. The molecule has 18 heteroatoms. The van der Waals surface area contributed by atoms with E-state index in [2.05, 4.69) is 42.9 Å². The van der Waals surface area contributed by atoms with Crippen LogP contribution in [0.4, 0.5) is 5.13 Å². The van der Waals surface area contributed by atoms with Crippen molar-refractivity contribution in [3.8, 4) is 16.9 Å². The van der Waals surface area contributed by atoms with Gasteiger partial charge in [0.2, 0.25) is 6.20 Å². The van der Waals surface area contributed by atoms with Crippen LogP contribution in [0.5, 0.6) is 5.75 Å². The fourth-order valence-corrected chi connectivity index (χ4v) is 6.13. The number of β-lactam (4-membered cyclic amide) rings is 1. The number of nitrogen functional groups attached to an aromatic ring is 1. The smallest absolute Gasteiger partial charge is 0.418 e. The molecule has 5 rings (SSSR count). The van der Waals surface area contributed by atoms with E-state index >= 15 is 0 Å². The Morgan fingerprint density at radius 2 is 2.13 bits per heavy atom. The van der Waals surface area contributed by atoms with Gasteiger partial charge in [-0.1, -0.05) is 11.2 Å². The molecule has 1 saturated heterocycles. The van der Waals surface area contributed by atoms with Gasteiger partial charge in [0, 0.05) is 5.38 Å². The zero-order valence-corrected chi connectivity index (χ0v) is 26.5. The van der Waals surface area contributed by atoms with Crippen molar-refractivity contribution >= 4 is 44.4 Å². The molecule has 1 aromatic carbocycles. The van der Waals surface area contributed by atoms with Crippen LogP contribution >= 0.6 is 11.3 Å². The number of carbonyl (C=O) groups excluding carboxylic acids is 2. The van der Waals surface area contributed by atoms with Crippen molar-refractivity contribution in [1.82, 2.24) is 20.0 Å². The lowest BCUT2D eigenvalue weighted by molar-refractivity contribution is -0.753. The van der Waals surface area contributed by atoms with Gasteiger partial charge in [-0.05, 0) is 62.9 Å². The number of nitrogens with two attached hydrogens (primary N) is 2. The highest BCUT2D eigenvalue weighted by Gasteiger charge is 2.58. The van der Waals surface area contributed by atoms with Crippen molar-refractivity contribution in [1.29, 1.82) is 0 Å². The fourth-order valence-electron chi connectivity index (χ4n) is 5.13. The minimum Gasteiger partial charge on any atom is -0.486 e. The van der Waals surface area contributed by atoms with Gasteiger partial charge in [0.25, 0.3) is 11.8 Å². The molecule has 6 N–H and O–H groups in total. The molecule has 45 heavy (non-hydrogen) atoms. The summed E-state index contributed by atoms with van der Waals surface area (Å²) in [5.41, 5.74) is 13.2. The SMILES string of the molecule is C[n+]1cc(-c2ccc3c(c2)CCC(CO/N=C(\C(=O)NC2C(=O)N(OS(=O)(=O)O)C2(C)C)c2csc(N)n2)O3)cn1CCCN. The van der Waals surface area contributed by atoms with E-state index in [9.17, 15) is 18.0 Å². The van der Waals surface area contributed by atoms with E-state index in [-0.39, 0.29) is 29.2 Å². The maximum Gasteiger partial charge on any atom is 0.418 e. The maximum absolute atomic E-state index is 13.2. The number of hydroxylamine groups is 2. The average molecular weight is 664 g/mol. The van der Waals surface area contributed by atoms with Gasteiger partial charge in [-0.3, -0.25) is 14.1 Å². The lowest BCUT2D eigenvalue weighted by atomic mass is 9.84. The Morgan fingerprint density at radius 1 is 1.36 bits per heavy atom. The minimum absolute atomic E-state index is 0.0290. The van der Waals surface area contributed by atoms with E-state index in [1.807, 2.05) is 23.9 Å². The number of amides is 2. The number of benzene rings is 1. The summed E-state index contributed by atoms with van der Waals surface area (Å²) in [5, 5.41) is 8.67. The van der Waals surface area contributed by atoms with Crippen molar-refractivity contribution in [3.63, 3.8) is 0 Å². The number of thiazole rings is 1. The predicted molar refractivity (Wildman–Crippen MR) is 162 cm³/mol. The van der Waals surface area contributed by atoms with Crippen molar-refractivity contribution in [2.24, 2.45) is 17.9 Å². The van der Waals surface area contributed by atoms with Crippen molar-refractivity contribution in [2.45, 2.75) is 57.3 Å². The molecule has 0 bridgehead atoms. The summed E-state index contributed by atoms with van der Waals surface area (Å²) in [4.78, 5) is 35.4. The topological polar surface area (TPSA) is 218 Å². The number of ether oxygens (including phenoxy) is 1. The summed E-state index contributed by atoms with van der Waals surface area (Å²) in [5.74, 6) is -0.965. The zero-order chi connectivity index (χ0) is 32.5. The first-order valence-electron chi connectivity index (χ1n) is 14.1. The van der Waals surface area contributed by atoms with E-state index in [1.54, 1.807) is 0 Å². The Balaban J connectivity index is 1.23. The molecular formula is C27H35N8O8S2+. The van der Waals surface area contributed by atoms with Crippen LogP contribution in [-0.4, -0.2) is 76.1 Å². The van der Waals surface area contributed by atoms with Gasteiger partial charge in [-0.25, -0.2) is 4.98 Å². The molecule has 2 unspecified atom stereocenters. The lowest BCUT2D eigenvalue weighted by Gasteiger charge is -2.50. The molecule has 0 radical (unpaired) electrons. The van der Waals surface area contributed by atoms with Crippen LogP contribution in [0, 0.1) is 0 Å². The van der Waals surface area contributed by atoms with Crippen molar-refractivity contribution < 1.29 is 41.1 Å². The van der Waals surface area contributed by atoms with Gasteiger partial charge in [0.1, 0.15) is 23.6 Å². The Labute approximate surface area is 263 Å². The van der Waals surface area contributed by atoms with E-state index in [0.717, 1.165) is 53.2 Å². The van der Waals surface area contributed by atoms with Gasteiger partial charge in [-0.2, -0.15) is 18.2 Å². The summed E-state index contributed by atoms with van der Waals surface area (Å²) < 4.78 is 45.8. The monoisotopic (exact) mass is 663 g/mol. The highest BCUT2D eigenvalue weighted by molar-refractivity contribution is 7.80. The molecule has 2 atom stereocenters. The van der Waals surface area contributed by atoms with Crippen LogP contribution in [0.1, 0.15) is 37.9 Å². The molecule has 3 aromatic rings. The van der Waals surface area contributed by atoms with Crippen LogP contribution in [0.3, 0.4) is 0 Å². The first kappa shape index (κ1) is 32.3. The lowest BCUT2D eigenvalue weighted by Crippen LogP contribution is -2.76. The number of oxime groups is 1. The van der Waals surface area contributed by atoms with Gasteiger partial charge in [0.15, 0.2) is 24.5 Å². The third kappa shape index (κ3) is 7.09. The molecule has 0 spiro atoms. The highest BCUT2D eigenvalue weighted by atomic mass is 32.3. The van der Waals surface area contributed by atoms with E-state index < -0.39 is 33.8 Å². The molecule has 2 amide bonds. The average Bonchev–Trinajstić information content (AvgIpc) is 3.59. The van der Waals surface area contributed by atoms with Crippen LogP contribution in [-0.2, 0) is 49.1 Å². The molecule has 4 heterocycles. The molecule has 2 aliphatic heterocycles. The Bertz CT molecular complexity index is 1740. The van der Waals surface area contributed by atoms with E-state index in [1.165, 1.54) is 19.2 Å². The second-order valence-electron chi connectivity index (χ2n) is 11.2.